The number of rotatable bonds is 14. The molecule has 0 aliphatic carbocycles. The second-order valence-corrected chi connectivity index (χ2v) is 10.0. The normalized spacial score (nSPS) is 12.1. The summed E-state index contributed by atoms with van der Waals surface area (Å²) < 4.78 is 21.9. The Labute approximate surface area is 209 Å². The van der Waals surface area contributed by atoms with E-state index >= 15 is 0 Å². The summed E-state index contributed by atoms with van der Waals surface area (Å²) in [5.74, 6) is 1.33. The van der Waals surface area contributed by atoms with Gasteiger partial charge in [-0.15, -0.1) is 0 Å². The van der Waals surface area contributed by atoms with E-state index in [-0.39, 0.29) is 11.0 Å². The minimum Gasteiger partial charge on any atom is -0.385 e. The molecule has 2 aromatic carbocycles. The summed E-state index contributed by atoms with van der Waals surface area (Å²) in [6.45, 7) is 11.0. The van der Waals surface area contributed by atoms with Gasteiger partial charge in [-0.05, 0) is 42.2 Å². The molecule has 4 nitrogen and oxygen atoms in total. The first-order valence-electron chi connectivity index (χ1n) is 12.4. The van der Waals surface area contributed by atoms with Crippen molar-refractivity contribution in [2.75, 3.05) is 48.3 Å². The molecule has 2 aromatic rings. The Kier molecular flexibility index (Phi) is 14.3. The van der Waals surface area contributed by atoms with E-state index in [2.05, 4.69) is 76.2 Å². The summed E-state index contributed by atoms with van der Waals surface area (Å²) in [7, 11) is 7.05. The summed E-state index contributed by atoms with van der Waals surface area (Å²) >= 11 is 0. The van der Waals surface area contributed by atoms with Crippen molar-refractivity contribution in [3.8, 4) is 0 Å². The van der Waals surface area contributed by atoms with Crippen LogP contribution in [0.3, 0.4) is 0 Å². The summed E-state index contributed by atoms with van der Waals surface area (Å²) in [5, 5.41) is 0. The highest BCUT2D eigenvalue weighted by Gasteiger charge is 2.34. The molecule has 4 heteroatoms. The van der Waals surface area contributed by atoms with Gasteiger partial charge in [-0.3, -0.25) is 0 Å². The highest BCUT2D eigenvalue weighted by atomic mass is 16.5. The van der Waals surface area contributed by atoms with Crippen LogP contribution in [0.2, 0.25) is 0 Å². The fraction of sp³-hybridized carbons (Fsp3) is 0.600. The molecule has 0 unspecified atom stereocenters. The van der Waals surface area contributed by atoms with Crippen LogP contribution < -0.4 is 0 Å². The van der Waals surface area contributed by atoms with Gasteiger partial charge in [-0.25, -0.2) is 0 Å². The lowest BCUT2D eigenvalue weighted by atomic mass is 9.75. The van der Waals surface area contributed by atoms with Gasteiger partial charge in [0.1, 0.15) is 0 Å². The molecule has 192 valence electrons. The molecular weight excluding hydrogens is 424 g/mol. The summed E-state index contributed by atoms with van der Waals surface area (Å²) in [6.07, 6.45) is 3.23. The molecular formula is C30H48O4. The zero-order chi connectivity index (χ0) is 25.5. The van der Waals surface area contributed by atoms with Gasteiger partial charge in [0.25, 0.3) is 0 Å². The quantitative estimate of drug-likeness (QED) is 0.304. The molecule has 0 fully saturated rings. The molecule has 0 aliphatic heterocycles. The number of benzene rings is 2. The Balaban J connectivity index is 0.000000352. The SMILES string of the molecule is COCC(COC)(c1ccccc1)c1ccccc1.COCCC(CC(C)C)(CC(C)C)OC. The molecule has 0 aliphatic rings. The van der Waals surface area contributed by atoms with Crippen LogP contribution in [0.1, 0.15) is 58.1 Å². The molecule has 0 amide bonds. The minimum absolute atomic E-state index is 0.0122. The zero-order valence-electron chi connectivity index (χ0n) is 22.8. The monoisotopic (exact) mass is 472 g/mol. The van der Waals surface area contributed by atoms with Crippen LogP contribution in [-0.4, -0.2) is 53.9 Å². The number of hydrogen-bond acceptors (Lipinski definition) is 4. The van der Waals surface area contributed by atoms with E-state index < -0.39 is 0 Å². The van der Waals surface area contributed by atoms with Gasteiger partial charge in [0, 0.05) is 35.0 Å². The van der Waals surface area contributed by atoms with Gasteiger partial charge < -0.3 is 18.9 Å². The van der Waals surface area contributed by atoms with E-state index in [1.165, 1.54) is 11.1 Å². The predicted octanol–water partition coefficient (Wildman–Crippen LogP) is 6.77. The van der Waals surface area contributed by atoms with E-state index in [9.17, 15) is 0 Å². The van der Waals surface area contributed by atoms with Crippen LogP contribution in [0.4, 0.5) is 0 Å². The van der Waals surface area contributed by atoms with Crippen LogP contribution in [-0.2, 0) is 24.4 Å². The molecule has 0 radical (unpaired) electrons. The van der Waals surface area contributed by atoms with E-state index in [1.807, 2.05) is 19.2 Å². The maximum absolute atomic E-state index is 5.78. The fourth-order valence-electron chi connectivity index (χ4n) is 4.88. The second-order valence-electron chi connectivity index (χ2n) is 10.0. The van der Waals surface area contributed by atoms with Gasteiger partial charge in [-0.2, -0.15) is 0 Å². The first-order valence-corrected chi connectivity index (χ1v) is 12.4. The van der Waals surface area contributed by atoms with Crippen molar-refractivity contribution < 1.29 is 18.9 Å². The molecule has 0 saturated carbocycles. The summed E-state index contributed by atoms with van der Waals surface area (Å²) in [6, 6.07) is 20.8. The van der Waals surface area contributed by atoms with Gasteiger partial charge in [-0.1, -0.05) is 88.4 Å². The molecule has 0 saturated heterocycles. The molecule has 0 atom stereocenters. The Morgan fingerprint density at radius 1 is 0.618 bits per heavy atom. The minimum atomic E-state index is -0.258. The lowest BCUT2D eigenvalue weighted by Gasteiger charge is -2.35. The van der Waals surface area contributed by atoms with Gasteiger partial charge in [0.2, 0.25) is 0 Å². The van der Waals surface area contributed by atoms with E-state index in [1.54, 1.807) is 21.3 Å². The lowest BCUT2D eigenvalue weighted by molar-refractivity contribution is -0.0606. The van der Waals surface area contributed by atoms with Crippen molar-refractivity contribution in [1.29, 1.82) is 0 Å². The van der Waals surface area contributed by atoms with Crippen molar-refractivity contribution in [2.24, 2.45) is 11.8 Å². The van der Waals surface area contributed by atoms with Crippen molar-refractivity contribution in [2.45, 2.75) is 58.0 Å². The lowest BCUT2D eigenvalue weighted by Crippen LogP contribution is -2.37. The third kappa shape index (κ3) is 9.50. The standard InChI is InChI=1S/C17H20O2.C13H28O2/c1-18-13-17(14-19-2,15-9-5-3-6-10-15)16-11-7-4-8-12-16;1-11(2)9-13(15-6,7-8-14-5)10-12(3)4/h3-12H,13-14H2,1-2H3;11-12H,7-10H2,1-6H3. The van der Waals surface area contributed by atoms with Crippen LogP contribution in [0.25, 0.3) is 0 Å². The van der Waals surface area contributed by atoms with Crippen LogP contribution >= 0.6 is 0 Å². The third-order valence-electron chi connectivity index (χ3n) is 6.19. The average molecular weight is 473 g/mol. The van der Waals surface area contributed by atoms with Crippen LogP contribution in [0.15, 0.2) is 60.7 Å². The van der Waals surface area contributed by atoms with E-state index in [4.69, 9.17) is 18.9 Å². The highest BCUT2D eigenvalue weighted by Crippen LogP contribution is 2.33. The first-order chi connectivity index (χ1) is 16.3. The largest absolute Gasteiger partial charge is 0.385 e. The summed E-state index contributed by atoms with van der Waals surface area (Å²) in [4.78, 5) is 0. The van der Waals surface area contributed by atoms with E-state index in [0.717, 1.165) is 25.9 Å². The van der Waals surface area contributed by atoms with Crippen molar-refractivity contribution in [3.63, 3.8) is 0 Å². The smallest absolute Gasteiger partial charge is 0.0705 e. The Morgan fingerprint density at radius 3 is 1.32 bits per heavy atom. The summed E-state index contributed by atoms with van der Waals surface area (Å²) in [5.41, 5.74) is 2.18. The van der Waals surface area contributed by atoms with E-state index in [0.29, 0.717) is 25.0 Å². The number of hydrogen-bond donors (Lipinski definition) is 0. The number of methoxy groups -OCH3 is 4. The van der Waals surface area contributed by atoms with Gasteiger partial charge in [0.15, 0.2) is 0 Å². The van der Waals surface area contributed by atoms with Crippen molar-refractivity contribution in [1.82, 2.24) is 0 Å². The third-order valence-corrected chi connectivity index (χ3v) is 6.19. The predicted molar refractivity (Wildman–Crippen MR) is 143 cm³/mol. The molecule has 0 N–H and O–H groups in total. The molecule has 0 heterocycles. The molecule has 0 aromatic heterocycles. The maximum atomic E-state index is 5.78. The Hall–Kier alpha value is -1.72. The second kappa shape index (κ2) is 16.0. The van der Waals surface area contributed by atoms with Crippen LogP contribution in [0, 0.1) is 11.8 Å². The molecule has 34 heavy (non-hydrogen) atoms. The highest BCUT2D eigenvalue weighted by molar-refractivity contribution is 5.39. The molecule has 0 bridgehead atoms. The Bertz CT molecular complexity index is 685. The van der Waals surface area contributed by atoms with Crippen molar-refractivity contribution >= 4 is 0 Å². The number of ether oxygens (including phenoxy) is 4. The fourth-order valence-corrected chi connectivity index (χ4v) is 4.88. The molecule has 0 spiro atoms. The zero-order valence-corrected chi connectivity index (χ0v) is 22.8. The molecule has 2 rings (SSSR count). The Morgan fingerprint density at radius 2 is 1.03 bits per heavy atom. The van der Waals surface area contributed by atoms with Crippen molar-refractivity contribution in [3.05, 3.63) is 71.8 Å². The topological polar surface area (TPSA) is 36.9 Å². The maximum Gasteiger partial charge on any atom is 0.0705 e. The average Bonchev–Trinajstić information content (AvgIpc) is 2.83. The van der Waals surface area contributed by atoms with Gasteiger partial charge in [0.05, 0.1) is 24.2 Å². The van der Waals surface area contributed by atoms with Gasteiger partial charge >= 0.3 is 0 Å². The van der Waals surface area contributed by atoms with Crippen LogP contribution in [0.5, 0.6) is 0 Å². The first kappa shape index (κ1) is 30.3.